The fourth-order valence-corrected chi connectivity index (χ4v) is 3.93. The van der Waals surface area contributed by atoms with Gasteiger partial charge in [0.05, 0.1) is 6.54 Å². The molecule has 1 N–H and O–H groups in total. The Morgan fingerprint density at radius 1 is 0.944 bits per heavy atom. The molecule has 0 bridgehead atoms. The van der Waals surface area contributed by atoms with E-state index >= 15 is 0 Å². The zero-order valence-electron chi connectivity index (χ0n) is 21.9. The molecule has 36 heavy (non-hydrogen) atoms. The van der Waals surface area contributed by atoms with E-state index in [9.17, 15) is 9.59 Å². The van der Waals surface area contributed by atoms with Gasteiger partial charge in [0.15, 0.2) is 0 Å². The van der Waals surface area contributed by atoms with Crippen LogP contribution in [0.1, 0.15) is 35.7 Å². The zero-order valence-corrected chi connectivity index (χ0v) is 21.9. The molecule has 2 aromatic carbocycles. The van der Waals surface area contributed by atoms with Crippen LogP contribution in [-0.2, 0) is 29.7 Å². The first-order chi connectivity index (χ1) is 17.4. The normalized spacial score (nSPS) is 10.8. The van der Waals surface area contributed by atoms with Gasteiger partial charge in [-0.1, -0.05) is 36.4 Å². The predicted molar refractivity (Wildman–Crippen MR) is 144 cm³/mol. The molecule has 3 amide bonds. The van der Waals surface area contributed by atoms with Gasteiger partial charge in [-0.2, -0.15) is 0 Å². The summed E-state index contributed by atoms with van der Waals surface area (Å²) in [6, 6.07) is 19.4. The molecule has 0 spiro atoms. The molecule has 0 saturated heterocycles. The number of carbonyl (C=O) groups is 2. The molecule has 0 aliphatic rings. The highest BCUT2D eigenvalue weighted by atomic mass is 16.5. The van der Waals surface area contributed by atoms with Crippen molar-refractivity contribution < 1.29 is 14.3 Å². The van der Waals surface area contributed by atoms with Crippen molar-refractivity contribution in [1.29, 1.82) is 0 Å². The van der Waals surface area contributed by atoms with Gasteiger partial charge in [-0.25, -0.2) is 4.79 Å². The lowest BCUT2D eigenvalue weighted by molar-refractivity contribution is -0.133. The molecule has 192 valence electrons. The number of nitrogens with one attached hydrogen (secondary N) is 1. The van der Waals surface area contributed by atoms with Crippen molar-refractivity contribution in [3.05, 3.63) is 89.2 Å². The first kappa shape index (κ1) is 27.0. The summed E-state index contributed by atoms with van der Waals surface area (Å²) in [4.78, 5) is 30.3. The maximum absolute atomic E-state index is 13.6. The Balaban J connectivity index is 1.76. The van der Waals surface area contributed by atoms with Gasteiger partial charge >= 0.3 is 6.03 Å². The SMILES string of the molecule is CCOCCCN(CC(=O)N(Cc1ccccc1)Cc1cccn1C)C(=O)Nc1ccc(C)c(C)c1. The van der Waals surface area contributed by atoms with Crippen molar-refractivity contribution in [1.82, 2.24) is 14.4 Å². The van der Waals surface area contributed by atoms with Crippen molar-refractivity contribution >= 4 is 17.6 Å². The molecule has 0 unspecified atom stereocenters. The van der Waals surface area contributed by atoms with Crippen LogP contribution in [0, 0.1) is 13.8 Å². The molecule has 0 aliphatic heterocycles. The van der Waals surface area contributed by atoms with Crippen LogP contribution >= 0.6 is 0 Å². The molecule has 0 saturated carbocycles. The number of carbonyl (C=O) groups excluding carboxylic acids is 2. The summed E-state index contributed by atoms with van der Waals surface area (Å²) in [6.45, 7) is 8.49. The second-order valence-corrected chi connectivity index (χ2v) is 9.05. The summed E-state index contributed by atoms with van der Waals surface area (Å²) in [5.41, 5.74) is 5.05. The first-order valence-corrected chi connectivity index (χ1v) is 12.5. The van der Waals surface area contributed by atoms with Gasteiger partial charge in [0.2, 0.25) is 5.91 Å². The number of benzene rings is 2. The number of hydrogen-bond acceptors (Lipinski definition) is 3. The van der Waals surface area contributed by atoms with E-state index in [0.29, 0.717) is 39.3 Å². The largest absolute Gasteiger partial charge is 0.382 e. The third-order valence-corrected chi connectivity index (χ3v) is 6.27. The van der Waals surface area contributed by atoms with Gasteiger partial charge in [-0.05, 0) is 68.1 Å². The number of urea groups is 1. The molecule has 7 heteroatoms. The van der Waals surface area contributed by atoms with Crippen LogP contribution in [0.3, 0.4) is 0 Å². The van der Waals surface area contributed by atoms with Gasteiger partial charge < -0.3 is 24.4 Å². The van der Waals surface area contributed by atoms with Gasteiger partial charge in [-0.15, -0.1) is 0 Å². The van der Waals surface area contributed by atoms with Gasteiger partial charge in [0, 0.05) is 50.9 Å². The molecule has 1 aromatic heterocycles. The molecule has 0 aliphatic carbocycles. The van der Waals surface area contributed by atoms with Crippen LogP contribution in [0.2, 0.25) is 0 Å². The third-order valence-electron chi connectivity index (χ3n) is 6.27. The Labute approximate surface area is 214 Å². The third kappa shape index (κ3) is 7.99. The fourth-order valence-electron chi connectivity index (χ4n) is 3.93. The number of amides is 3. The van der Waals surface area contributed by atoms with Crippen LogP contribution in [-0.4, -0.2) is 52.6 Å². The highest BCUT2D eigenvalue weighted by Gasteiger charge is 2.22. The lowest BCUT2D eigenvalue weighted by Crippen LogP contribution is -2.44. The van der Waals surface area contributed by atoms with Crippen LogP contribution < -0.4 is 5.32 Å². The van der Waals surface area contributed by atoms with Crippen molar-refractivity contribution in [2.75, 3.05) is 31.6 Å². The topological polar surface area (TPSA) is 66.8 Å². The summed E-state index contributed by atoms with van der Waals surface area (Å²) in [7, 11) is 1.97. The molecular weight excluding hydrogens is 452 g/mol. The smallest absolute Gasteiger partial charge is 0.322 e. The minimum Gasteiger partial charge on any atom is -0.382 e. The van der Waals surface area contributed by atoms with E-state index in [4.69, 9.17) is 4.74 Å². The maximum Gasteiger partial charge on any atom is 0.322 e. The van der Waals surface area contributed by atoms with E-state index in [1.165, 1.54) is 0 Å². The van der Waals surface area contributed by atoms with Crippen LogP contribution in [0.5, 0.6) is 0 Å². The summed E-state index contributed by atoms with van der Waals surface area (Å²) >= 11 is 0. The standard InChI is InChI=1S/C29H38N4O3/c1-5-36-18-10-17-32(29(35)30-26-15-14-23(2)24(3)19-26)22-28(34)33(20-25-11-7-6-8-12-25)21-27-13-9-16-31(27)4/h6-9,11-16,19H,5,10,17-18,20-22H2,1-4H3,(H,30,35). The Bertz CT molecular complexity index is 1130. The van der Waals surface area contributed by atoms with Crippen molar-refractivity contribution in [3.63, 3.8) is 0 Å². The molecule has 1 heterocycles. The van der Waals surface area contributed by atoms with Gasteiger partial charge in [0.25, 0.3) is 0 Å². The Morgan fingerprint density at radius 3 is 2.39 bits per heavy atom. The van der Waals surface area contributed by atoms with Crippen LogP contribution in [0.15, 0.2) is 66.9 Å². The fraction of sp³-hybridized carbons (Fsp3) is 0.379. The average Bonchev–Trinajstić information content (AvgIpc) is 3.27. The Kier molecular flexibility index (Phi) is 10.1. The molecule has 3 rings (SSSR count). The lowest BCUT2D eigenvalue weighted by Gasteiger charge is -2.28. The second-order valence-electron chi connectivity index (χ2n) is 9.05. The van der Waals surface area contributed by atoms with E-state index in [2.05, 4.69) is 5.32 Å². The monoisotopic (exact) mass is 490 g/mol. The second kappa shape index (κ2) is 13.5. The number of rotatable bonds is 12. The molecule has 3 aromatic rings. The Hall–Kier alpha value is -3.58. The van der Waals surface area contributed by atoms with Gasteiger partial charge in [0.1, 0.15) is 6.54 Å². The quantitative estimate of drug-likeness (QED) is 0.358. The summed E-state index contributed by atoms with van der Waals surface area (Å²) in [5.74, 6) is -0.105. The predicted octanol–water partition coefficient (Wildman–Crippen LogP) is 5.13. The summed E-state index contributed by atoms with van der Waals surface area (Å²) in [5, 5.41) is 2.97. The van der Waals surface area contributed by atoms with E-state index in [1.807, 2.05) is 104 Å². The number of nitrogens with zero attached hydrogens (tertiary/aromatic N) is 3. The lowest BCUT2D eigenvalue weighted by atomic mass is 10.1. The first-order valence-electron chi connectivity index (χ1n) is 12.5. The van der Waals surface area contributed by atoms with E-state index in [0.717, 1.165) is 28.1 Å². The highest BCUT2D eigenvalue weighted by Crippen LogP contribution is 2.16. The van der Waals surface area contributed by atoms with Crippen molar-refractivity contribution in [3.8, 4) is 0 Å². The summed E-state index contributed by atoms with van der Waals surface area (Å²) in [6.07, 6.45) is 2.62. The molecular formula is C29H38N4O3. The number of hydrogen-bond donors (Lipinski definition) is 1. The van der Waals surface area contributed by atoms with Crippen molar-refractivity contribution in [2.45, 2.75) is 40.3 Å². The number of ether oxygens (including phenoxy) is 1. The maximum atomic E-state index is 13.6. The van der Waals surface area contributed by atoms with Gasteiger partial charge in [-0.3, -0.25) is 4.79 Å². The van der Waals surface area contributed by atoms with E-state index in [-0.39, 0.29) is 18.5 Å². The number of anilines is 1. The minimum atomic E-state index is -0.290. The zero-order chi connectivity index (χ0) is 25.9. The molecule has 7 nitrogen and oxygen atoms in total. The van der Waals surface area contributed by atoms with Crippen molar-refractivity contribution in [2.24, 2.45) is 7.05 Å². The molecule has 0 fully saturated rings. The Morgan fingerprint density at radius 2 is 1.72 bits per heavy atom. The number of aryl methyl sites for hydroxylation is 3. The number of aromatic nitrogens is 1. The minimum absolute atomic E-state index is 0.0138. The van der Waals surface area contributed by atoms with Crippen LogP contribution in [0.25, 0.3) is 0 Å². The molecule has 0 atom stereocenters. The average molecular weight is 491 g/mol. The van der Waals surface area contributed by atoms with E-state index in [1.54, 1.807) is 4.90 Å². The van der Waals surface area contributed by atoms with Crippen LogP contribution in [0.4, 0.5) is 10.5 Å². The highest BCUT2D eigenvalue weighted by molar-refractivity contribution is 5.92. The summed E-state index contributed by atoms with van der Waals surface area (Å²) < 4.78 is 7.48. The molecule has 0 radical (unpaired) electrons. The van der Waals surface area contributed by atoms with E-state index < -0.39 is 0 Å².